The van der Waals surface area contributed by atoms with Gasteiger partial charge in [-0.15, -0.1) is 12.4 Å². The van der Waals surface area contributed by atoms with Gasteiger partial charge >= 0.3 is 0 Å². The molecule has 0 bridgehead atoms. The number of hydrogen-bond donors (Lipinski definition) is 1. The number of rotatable bonds is 2. The largest absolute Gasteiger partial charge is 0.344 e. The van der Waals surface area contributed by atoms with E-state index in [2.05, 4.69) is 62.4 Å². The van der Waals surface area contributed by atoms with Crippen molar-refractivity contribution in [2.24, 2.45) is 0 Å². The smallest absolute Gasteiger partial charge is 0.00231 e. The SMILES string of the molecule is Cc1cccc(Cc2ccccc2)c1C.Cl.N. The van der Waals surface area contributed by atoms with Crippen molar-refractivity contribution in [1.82, 2.24) is 6.15 Å². The van der Waals surface area contributed by atoms with Crippen LogP contribution in [0.1, 0.15) is 22.3 Å². The van der Waals surface area contributed by atoms with Crippen LogP contribution in [-0.2, 0) is 6.42 Å². The minimum atomic E-state index is 0. The molecule has 0 saturated carbocycles. The average Bonchev–Trinajstić information content (AvgIpc) is 2.26. The van der Waals surface area contributed by atoms with Crippen molar-refractivity contribution in [3.8, 4) is 0 Å². The van der Waals surface area contributed by atoms with Gasteiger partial charge in [-0.25, -0.2) is 0 Å². The van der Waals surface area contributed by atoms with Crippen molar-refractivity contribution in [3.05, 3.63) is 70.8 Å². The fourth-order valence-electron chi connectivity index (χ4n) is 1.82. The van der Waals surface area contributed by atoms with Gasteiger partial charge in [0.2, 0.25) is 0 Å². The van der Waals surface area contributed by atoms with Gasteiger partial charge in [-0.05, 0) is 42.5 Å². The van der Waals surface area contributed by atoms with E-state index < -0.39 is 0 Å². The van der Waals surface area contributed by atoms with E-state index in [1.807, 2.05) is 0 Å². The Balaban J connectivity index is 0.00000128. The fourth-order valence-corrected chi connectivity index (χ4v) is 1.82. The summed E-state index contributed by atoms with van der Waals surface area (Å²) in [6.07, 6.45) is 1.04. The van der Waals surface area contributed by atoms with E-state index in [0.717, 1.165) is 6.42 Å². The number of halogens is 1. The van der Waals surface area contributed by atoms with Crippen LogP contribution >= 0.6 is 12.4 Å². The van der Waals surface area contributed by atoms with Crippen molar-refractivity contribution in [2.75, 3.05) is 0 Å². The van der Waals surface area contributed by atoms with Crippen LogP contribution in [0.3, 0.4) is 0 Å². The molecule has 0 atom stereocenters. The first-order chi connectivity index (χ1) is 7.27. The van der Waals surface area contributed by atoms with Crippen molar-refractivity contribution >= 4 is 12.4 Å². The predicted octanol–water partition coefficient (Wildman–Crippen LogP) is 4.48. The highest BCUT2D eigenvalue weighted by atomic mass is 35.5. The Kier molecular flexibility index (Phi) is 6.55. The van der Waals surface area contributed by atoms with Crippen LogP contribution in [0.4, 0.5) is 0 Å². The second kappa shape index (κ2) is 7.10. The van der Waals surface area contributed by atoms with Gasteiger partial charge in [0.15, 0.2) is 0 Å². The topological polar surface area (TPSA) is 35.0 Å². The minimum absolute atomic E-state index is 0. The number of benzene rings is 2. The Hall–Kier alpha value is -1.31. The molecule has 2 heteroatoms. The molecular formula is C15H20ClN. The van der Waals surface area contributed by atoms with Gasteiger partial charge < -0.3 is 6.15 Å². The van der Waals surface area contributed by atoms with Crippen LogP contribution in [0.25, 0.3) is 0 Å². The van der Waals surface area contributed by atoms with Gasteiger partial charge in [-0.3, -0.25) is 0 Å². The normalized spacial score (nSPS) is 9.06. The van der Waals surface area contributed by atoms with E-state index in [0.29, 0.717) is 0 Å². The number of aryl methyl sites for hydroxylation is 1. The minimum Gasteiger partial charge on any atom is -0.344 e. The number of hydrogen-bond acceptors (Lipinski definition) is 1. The second-order valence-electron chi connectivity index (χ2n) is 4.02. The van der Waals surface area contributed by atoms with E-state index in [9.17, 15) is 0 Å². The molecule has 0 aliphatic carbocycles. The Labute approximate surface area is 110 Å². The summed E-state index contributed by atoms with van der Waals surface area (Å²) < 4.78 is 0. The summed E-state index contributed by atoms with van der Waals surface area (Å²) >= 11 is 0. The summed E-state index contributed by atoms with van der Waals surface area (Å²) in [7, 11) is 0. The Morgan fingerprint density at radius 1 is 0.824 bits per heavy atom. The lowest BCUT2D eigenvalue weighted by Crippen LogP contribution is -1.93. The summed E-state index contributed by atoms with van der Waals surface area (Å²) in [5, 5.41) is 0. The summed E-state index contributed by atoms with van der Waals surface area (Å²) in [5.41, 5.74) is 5.61. The summed E-state index contributed by atoms with van der Waals surface area (Å²) in [6, 6.07) is 17.1. The molecule has 0 saturated heterocycles. The van der Waals surface area contributed by atoms with Gasteiger partial charge in [0.1, 0.15) is 0 Å². The van der Waals surface area contributed by atoms with E-state index in [-0.39, 0.29) is 18.6 Å². The maximum atomic E-state index is 2.22. The molecule has 0 unspecified atom stereocenters. The Morgan fingerprint density at radius 2 is 1.47 bits per heavy atom. The molecule has 0 aliphatic rings. The molecule has 1 nitrogen and oxygen atoms in total. The molecule has 17 heavy (non-hydrogen) atoms. The molecule has 0 aromatic heterocycles. The van der Waals surface area contributed by atoms with E-state index in [4.69, 9.17) is 0 Å². The molecule has 2 aromatic rings. The predicted molar refractivity (Wildman–Crippen MR) is 77.4 cm³/mol. The summed E-state index contributed by atoms with van der Waals surface area (Å²) in [5.74, 6) is 0. The Morgan fingerprint density at radius 3 is 2.12 bits per heavy atom. The average molecular weight is 250 g/mol. The lowest BCUT2D eigenvalue weighted by molar-refractivity contribution is 1.14. The first kappa shape index (κ1) is 15.7. The molecule has 0 amide bonds. The highest BCUT2D eigenvalue weighted by Crippen LogP contribution is 2.16. The fraction of sp³-hybridized carbons (Fsp3) is 0.200. The lowest BCUT2D eigenvalue weighted by atomic mass is 9.97. The van der Waals surface area contributed by atoms with Crippen LogP contribution in [0.2, 0.25) is 0 Å². The second-order valence-corrected chi connectivity index (χ2v) is 4.02. The first-order valence-corrected chi connectivity index (χ1v) is 5.36. The molecule has 92 valence electrons. The molecule has 3 N–H and O–H groups in total. The van der Waals surface area contributed by atoms with Gasteiger partial charge in [-0.1, -0.05) is 48.5 Å². The maximum absolute atomic E-state index is 2.22. The molecule has 0 heterocycles. The maximum Gasteiger partial charge on any atom is -0.00231 e. The monoisotopic (exact) mass is 249 g/mol. The van der Waals surface area contributed by atoms with Gasteiger partial charge in [0.05, 0.1) is 0 Å². The Bertz CT molecular complexity index is 452. The third-order valence-electron chi connectivity index (χ3n) is 2.95. The standard InChI is InChI=1S/C15H16.ClH.H3N/c1-12-7-6-10-15(13(12)2)11-14-8-4-3-5-9-14;;/h3-10H,11H2,1-2H3;1H;1H3. The molecule has 0 radical (unpaired) electrons. The lowest BCUT2D eigenvalue weighted by Gasteiger charge is -2.08. The quantitative estimate of drug-likeness (QED) is 0.837. The van der Waals surface area contributed by atoms with Crippen LogP contribution in [-0.4, -0.2) is 0 Å². The third kappa shape index (κ3) is 3.88. The van der Waals surface area contributed by atoms with Crippen molar-refractivity contribution in [2.45, 2.75) is 20.3 Å². The zero-order valence-electron chi connectivity index (χ0n) is 10.4. The highest BCUT2D eigenvalue weighted by Gasteiger charge is 2.01. The molecule has 2 aromatic carbocycles. The van der Waals surface area contributed by atoms with Crippen LogP contribution in [0.5, 0.6) is 0 Å². The van der Waals surface area contributed by atoms with Gasteiger partial charge in [0, 0.05) is 0 Å². The van der Waals surface area contributed by atoms with Crippen molar-refractivity contribution in [1.29, 1.82) is 0 Å². The van der Waals surface area contributed by atoms with Crippen LogP contribution in [0.15, 0.2) is 48.5 Å². The molecule has 0 aliphatic heterocycles. The molecule has 0 spiro atoms. The summed E-state index contributed by atoms with van der Waals surface area (Å²) in [6.45, 7) is 4.37. The van der Waals surface area contributed by atoms with Crippen molar-refractivity contribution in [3.63, 3.8) is 0 Å². The molecular weight excluding hydrogens is 230 g/mol. The van der Waals surface area contributed by atoms with E-state index in [1.165, 1.54) is 22.3 Å². The zero-order chi connectivity index (χ0) is 10.7. The van der Waals surface area contributed by atoms with E-state index in [1.54, 1.807) is 0 Å². The van der Waals surface area contributed by atoms with Crippen molar-refractivity contribution < 1.29 is 0 Å². The van der Waals surface area contributed by atoms with Gasteiger partial charge in [0.25, 0.3) is 0 Å². The third-order valence-corrected chi connectivity index (χ3v) is 2.95. The van der Waals surface area contributed by atoms with Gasteiger partial charge in [-0.2, -0.15) is 0 Å². The molecule has 0 fully saturated rings. The highest BCUT2D eigenvalue weighted by molar-refractivity contribution is 5.85. The van der Waals surface area contributed by atoms with Crippen LogP contribution in [0, 0.1) is 13.8 Å². The molecule has 2 rings (SSSR count). The first-order valence-electron chi connectivity index (χ1n) is 5.36. The van der Waals surface area contributed by atoms with Crippen LogP contribution < -0.4 is 6.15 Å². The zero-order valence-corrected chi connectivity index (χ0v) is 11.3. The van der Waals surface area contributed by atoms with E-state index >= 15 is 0 Å². The summed E-state index contributed by atoms with van der Waals surface area (Å²) in [4.78, 5) is 0.